The van der Waals surface area contributed by atoms with E-state index in [0.29, 0.717) is 0 Å². The fourth-order valence-corrected chi connectivity index (χ4v) is 1.30. The SMILES string of the molecule is CC/C(C)=N/OC(F)(C(C(F)(F)F)C(F)(F)F)C(F)(F)C(F)(F)F. The van der Waals surface area contributed by atoms with Crippen molar-refractivity contribution in [2.45, 2.75) is 50.6 Å². The molecule has 0 aromatic carbocycles. The molecule has 0 aliphatic rings. The van der Waals surface area contributed by atoms with Gasteiger partial charge in [-0.05, 0) is 13.3 Å². The summed E-state index contributed by atoms with van der Waals surface area (Å²) in [4.78, 5) is 2.90. The number of halogens is 12. The van der Waals surface area contributed by atoms with Crippen molar-refractivity contribution in [1.29, 1.82) is 0 Å². The number of hydrogen-bond acceptors (Lipinski definition) is 2. The Morgan fingerprint density at radius 2 is 1.21 bits per heavy atom. The number of hydrogen-bond donors (Lipinski definition) is 0. The summed E-state index contributed by atoms with van der Waals surface area (Å²) in [5, 5.41) is 2.20. The molecule has 0 aliphatic carbocycles. The van der Waals surface area contributed by atoms with Crippen LogP contribution in [0.1, 0.15) is 20.3 Å². The molecule has 0 aromatic heterocycles. The first-order valence-electron chi connectivity index (χ1n) is 5.80. The molecule has 1 atom stereocenters. The maximum atomic E-state index is 14.0. The second kappa shape index (κ2) is 6.50. The average molecular weight is 387 g/mol. The van der Waals surface area contributed by atoms with Gasteiger partial charge in [-0.2, -0.15) is 52.7 Å². The van der Waals surface area contributed by atoms with Crippen molar-refractivity contribution in [1.82, 2.24) is 0 Å². The minimum Gasteiger partial charge on any atom is -0.347 e. The molecule has 1 unspecified atom stereocenters. The van der Waals surface area contributed by atoms with Crippen molar-refractivity contribution >= 4 is 5.71 Å². The first-order chi connectivity index (χ1) is 10.3. The van der Waals surface area contributed by atoms with Crippen molar-refractivity contribution in [3.63, 3.8) is 0 Å². The Kier molecular flexibility index (Phi) is 6.13. The van der Waals surface area contributed by atoms with Gasteiger partial charge in [0, 0.05) is 0 Å². The van der Waals surface area contributed by atoms with E-state index in [1.54, 1.807) is 0 Å². The quantitative estimate of drug-likeness (QED) is 0.352. The number of rotatable bonds is 5. The van der Waals surface area contributed by atoms with Crippen LogP contribution in [0, 0.1) is 5.92 Å². The van der Waals surface area contributed by atoms with E-state index in [4.69, 9.17) is 0 Å². The fourth-order valence-electron chi connectivity index (χ4n) is 1.30. The minimum atomic E-state index is -7.17. The summed E-state index contributed by atoms with van der Waals surface area (Å²) in [7, 11) is 0. The molecule has 0 saturated carbocycles. The average Bonchev–Trinajstić information content (AvgIpc) is 2.30. The summed E-state index contributed by atoms with van der Waals surface area (Å²) in [5.41, 5.74) is -0.627. The normalized spacial score (nSPS) is 17.9. The van der Waals surface area contributed by atoms with Gasteiger partial charge in [0.25, 0.3) is 0 Å². The lowest BCUT2D eigenvalue weighted by molar-refractivity contribution is -0.447. The van der Waals surface area contributed by atoms with E-state index in [1.165, 1.54) is 0 Å². The molecule has 0 saturated heterocycles. The molecule has 0 bridgehead atoms. The van der Waals surface area contributed by atoms with Gasteiger partial charge in [-0.1, -0.05) is 12.1 Å². The smallest absolute Gasteiger partial charge is 0.347 e. The van der Waals surface area contributed by atoms with Gasteiger partial charge < -0.3 is 4.84 Å². The highest BCUT2D eigenvalue weighted by Gasteiger charge is 2.85. The maximum absolute atomic E-state index is 14.0. The molecular weight excluding hydrogens is 378 g/mol. The van der Waals surface area contributed by atoms with E-state index >= 15 is 0 Å². The minimum absolute atomic E-state index is 0.337. The lowest BCUT2D eigenvalue weighted by Gasteiger charge is -2.38. The van der Waals surface area contributed by atoms with Gasteiger partial charge in [0.1, 0.15) is 0 Å². The molecule has 0 amide bonds. The molecule has 0 aromatic rings. The highest BCUT2D eigenvalue weighted by Crippen LogP contribution is 2.57. The Bertz CT molecular complexity index is 448. The zero-order valence-corrected chi connectivity index (χ0v) is 11.7. The summed E-state index contributed by atoms with van der Waals surface area (Å²) in [6.45, 7) is 1.94. The van der Waals surface area contributed by atoms with Crippen LogP contribution in [-0.2, 0) is 4.84 Å². The highest BCUT2D eigenvalue weighted by molar-refractivity contribution is 5.80. The molecule has 0 radical (unpaired) electrons. The van der Waals surface area contributed by atoms with Crippen LogP contribution in [0.25, 0.3) is 0 Å². The van der Waals surface area contributed by atoms with Crippen LogP contribution >= 0.6 is 0 Å². The second-order valence-corrected chi connectivity index (χ2v) is 4.50. The first-order valence-corrected chi connectivity index (χ1v) is 5.80. The van der Waals surface area contributed by atoms with Crippen molar-refractivity contribution in [3.8, 4) is 0 Å². The summed E-state index contributed by atoms with van der Waals surface area (Å²) < 4.78 is 152. The van der Waals surface area contributed by atoms with Gasteiger partial charge >= 0.3 is 30.3 Å². The van der Waals surface area contributed by atoms with E-state index in [9.17, 15) is 52.7 Å². The van der Waals surface area contributed by atoms with Gasteiger partial charge in [-0.25, -0.2) is 0 Å². The maximum Gasteiger partial charge on any atom is 0.460 e. The molecule has 0 N–H and O–H groups in total. The van der Waals surface area contributed by atoms with E-state index < -0.39 is 41.9 Å². The van der Waals surface area contributed by atoms with Crippen molar-refractivity contribution < 1.29 is 57.5 Å². The Morgan fingerprint density at radius 1 is 0.833 bits per heavy atom. The number of nitrogens with zero attached hydrogens (tertiary/aromatic N) is 1. The molecule has 24 heavy (non-hydrogen) atoms. The Morgan fingerprint density at radius 3 is 1.46 bits per heavy atom. The molecule has 144 valence electrons. The largest absolute Gasteiger partial charge is 0.460 e. The van der Waals surface area contributed by atoms with Gasteiger partial charge in [-0.15, -0.1) is 0 Å². The lowest BCUT2D eigenvalue weighted by atomic mass is 9.92. The summed E-state index contributed by atoms with van der Waals surface area (Å²) in [5.74, 6) is -19.6. The Balaban J connectivity index is 6.52. The van der Waals surface area contributed by atoms with Crippen LogP contribution < -0.4 is 0 Å². The van der Waals surface area contributed by atoms with Crippen LogP contribution in [0.2, 0.25) is 0 Å². The van der Waals surface area contributed by atoms with Crippen LogP contribution in [0.3, 0.4) is 0 Å². The summed E-state index contributed by atoms with van der Waals surface area (Å²) in [6.07, 6.45) is -21.2. The lowest BCUT2D eigenvalue weighted by Crippen LogP contribution is -2.65. The molecule has 0 spiro atoms. The zero-order chi connectivity index (χ0) is 19.8. The summed E-state index contributed by atoms with van der Waals surface area (Å²) in [6, 6.07) is 0. The Labute approximate surface area is 126 Å². The first kappa shape index (κ1) is 22.6. The van der Waals surface area contributed by atoms with Gasteiger partial charge in [0.15, 0.2) is 0 Å². The third-order valence-corrected chi connectivity index (χ3v) is 2.66. The topological polar surface area (TPSA) is 21.6 Å². The molecule has 0 heterocycles. The third-order valence-electron chi connectivity index (χ3n) is 2.66. The predicted molar refractivity (Wildman–Crippen MR) is 54.9 cm³/mol. The highest BCUT2D eigenvalue weighted by atomic mass is 19.4. The van der Waals surface area contributed by atoms with Crippen molar-refractivity contribution in [3.05, 3.63) is 0 Å². The van der Waals surface area contributed by atoms with Crippen molar-refractivity contribution in [2.24, 2.45) is 11.1 Å². The predicted octanol–water partition coefficient (Wildman–Crippen LogP) is 5.39. The van der Waals surface area contributed by atoms with Crippen LogP contribution in [-0.4, -0.2) is 36.0 Å². The van der Waals surface area contributed by atoms with Crippen LogP contribution in [0.15, 0.2) is 5.16 Å². The standard InChI is InChI=1S/C10H9F12NO/c1-3-4(2)23-24-6(11,9(18,19)10(20,21)22)5(7(12,13)14)8(15,16)17/h5H,3H2,1-2H3/b23-4+. The summed E-state index contributed by atoms with van der Waals surface area (Å²) >= 11 is 0. The third kappa shape index (κ3) is 4.37. The van der Waals surface area contributed by atoms with Gasteiger partial charge in [0.2, 0.25) is 5.92 Å². The molecule has 2 nitrogen and oxygen atoms in total. The molecule has 0 fully saturated rings. The van der Waals surface area contributed by atoms with E-state index in [0.717, 1.165) is 13.8 Å². The second-order valence-electron chi connectivity index (χ2n) is 4.50. The van der Waals surface area contributed by atoms with Crippen LogP contribution in [0.4, 0.5) is 52.7 Å². The Hall–Kier alpha value is -1.37. The zero-order valence-electron chi connectivity index (χ0n) is 11.7. The van der Waals surface area contributed by atoms with Gasteiger partial charge in [-0.3, -0.25) is 0 Å². The molecule has 0 rings (SSSR count). The van der Waals surface area contributed by atoms with Crippen LogP contribution in [0.5, 0.6) is 0 Å². The molecule has 14 heteroatoms. The monoisotopic (exact) mass is 387 g/mol. The van der Waals surface area contributed by atoms with E-state index in [1.807, 2.05) is 0 Å². The number of oxime groups is 1. The number of alkyl halides is 12. The van der Waals surface area contributed by atoms with Crippen molar-refractivity contribution in [2.75, 3.05) is 0 Å². The molecule has 0 aliphatic heterocycles. The van der Waals surface area contributed by atoms with Gasteiger partial charge in [0.05, 0.1) is 5.71 Å². The van der Waals surface area contributed by atoms with E-state index in [-0.39, 0.29) is 6.42 Å². The molecular formula is C10H9F12NO. The fraction of sp³-hybridized carbons (Fsp3) is 0.900. The van der Waals surface area contributed by atoms with E-state index in [2.05, 4.69) is 9.99 Å².